The molecular formula is C21H30BrN3O2. The number of rotatable bonds is 5. The second kappa shape index (κ2) is 10.2. The van der Waals surface area contributed by atoms with E-state index >= 15 is 0 Å². The van der Waals surface area contributed by atoms with Crippen molar-refractivity contribution in [3.8, 4) is 0 Å². The van der Waals surface area contributed by atoms with E-state index in [1.807, 2.05) is 21.9 Å². The SMILES string of the molecule is O=C(CCc1cccc(Br)c1)N1CCN(CC(=O)N2CCCCCC2)CC1. The summed E-state index contributed by atoms with van der Waals surface area (Å²) in [5, 5.41) is 0. The molecule has 0 bridgehead atoms. The minimum Gasteiger partial charge on any atom is -0.342 e. The minimum atomic E-state index is 0.216. The molecule has 0 saturated carbocycles. The van der Waals surface area contributed by atoms with Gasteiger partial charge in [0.15, 0.2) is 0 Å². The Hall–Kier alpha value is -1.40. The van der Waals surface area contributed by atoms with Crippen LogP contribution in [0, 0.1) is 0 Å². The molecule has 0 aromatic heterocycles. The van der Waals surface area contributed by atoms with Gasteiger partial charge < -0.3 is 9.80 Å². The number of piperazine rings is 1. The second-order valence-electron chi connectivity index (χ2n) is 7.58. The molecular weight excluding hydrogens is 406 g/mol. The van der Waals surface area contributed by atoms with Gasteiger partial charge in [0.05, 0.1) is 6.54 Å². The zero-order valence-corrected chi connectivity index (χ0v) is 17.6. The Morgan fingerprint density at radius 1 is 0.852 bits per heavy atom. The lowest BCUT2D eigenvalue weighted by atomic mass is 10.1. The molecule has 2 heterocycles. The van der Waals surface area contributed by atoms with Crippen molar-refractivity contribution in [3.63, 3.8) is 0 Å². The Morgan fingerprint density at radius 2 is 1.52 bits per heavy atom. The smallest absolute Gasteiger partial charge is 0.236 e. The predicted octanol–water partition coefficient (Wildman–Crippen LogP) is 2.93. The van der Waals surface area contributed by atoms with Crippen LogP contribution in [0.15, 0.2) is 28.7 Å². The maximum atomic E-state index is 12.5. The van der Waals surface area contributed by atoms with Crippen LogP contribution in [0.2, 0.25) is 0 Å². The lowest BCUT2D eigenvalue weighted by Crippen LogP contribution is -2.51. The van der Waals surface area contributed by atoms with E-state index in [1.165, 1.54) is 18.4 Å². The van der Waals surface area contributed by atoms with Gasteiger partial charge in [-0.3, -0.25) is 14.5 Å². The van der Waals surface area contributed by atoms with E-state index in [9.17, 15) is 9.59 Å². The highest BCUT2D eigenvalue weighted by Crippen LogP contribution is 2.14. The second-order valence-corrected chi connectivity index (χ2v) is 8.50. The summed E-state index contributed by atoms with van der Waals surface area (Å²) in [5.41, 5.74) is 1.18. The first-order valence-corrected chi connectivity index (χ1v) is 10.9. The van der Waals surface area contributed by atoms with E-state index in [0.29, 0.717) is 13.0 Å². The maximum Gasteiger partial charge on any atom is 0.236 e. The number of carbonyl (C=O) groups excluding carboxylic acids is 2. The first kappa shape index (κ1) is 20.3. The van der Waals surface area contributed by atoms with E-state index in [1.54, 1.807) is 0 Å². The number of hydrogen-bond donors (Lipinski definition) is 0. The first-order chi connectivity index (χ1) is 13.1. The molecule has 2 aliphatic rings. The molecule has 2 amide bonds. The molecule has 2 aliphatic heterocycles. The molecule has 0 N–H and O–H groups in total. The van der Waals surface area contributed by atoms with Crippen molar-refractivity contribution >= 4 is 27.7 Å². The van der Waals surface area contributed by atoms with Gasteiger partial charge in [-0.05, 0) is 37.0 Å². The maximum absolute atomic E-state index is 12.5. The Morgan fingerprint density at radius 3 is 2.19 bits per heavy atom. The third-order valence-electron chi connectivity index (χ3n) is 5.56. The number of halogens is 1. The number of aryl methyl sites for hydroxylation is 1. The van der Waals surface area contributed by atoms with Crippen molar-refractivity contribution in [2.45, 2.75) is 38.5 Å². The number of hydrogen-bond acceptors (Lipinski definition) is 3. The molecule has 27 heavy (non-hydrogen) atoms. The number of carbonyl (C=O) groups is 2. The molecule has 0 atom stereocenters. The zero-order valence-electron chi connectivity index (χ0n) is 16.0. The summed E-state index contributed by atoms with van der Waals surface area (Å²) in [4.78, 5) is 31.2. The third kappa shape index (κ3) is 6.32. The van der Waals surface area contributed by atoms with Crippen LogP contribution in [0.4, 0.5) is 0 Å². The van der Waals surface area contributed by atoms with Crippen LogP contribution in [0.3, 0.4) is 0 Å². The first-order valence-electron chi connectivity index (χ1n) is 10.1. The van der Waals surface area contributed by atoms with Crippen LogP contribution < -0.4 is 0 Å². The van der Waals surface area contributed by atoms with Gasteiger partial charge in [-0.1, -0.05) is 40.9 Å². The largest absolute Gasteiger partial charge is 0.342 e. The summed E-state index contributed by atoms with van der Waals surface area (Å²) in [5.74, 6) is 0.472. The molecule has 2 saturated heterocycles. The van der Waals surface area contributed by atoms with Crippen molar-refractivity contribution in [2.75, 3.05) is 45.8 Å². The fourth-order valence-corrected chi connectivity index (χ4v) is 4.32. The molecule has 0 aliphatic carbocycles. The Bertz CT molecular complexity index is 636. The molecule has 0 radical (unpaired) electrons. The van der Waals surface area contributed by atoms with E-state index in [-0.39, 0.29) is 11.8 Å². The topological polar surface area (TPSA) is 43.9 Å². The molecule has 5 nitrogen and oxygen atoms in total. The average molecular weight is 436 g/mol. The molecule has 3 rings (SSSR count). The highest BCUT2D eigenvalue weighted by Gasteiger charge is 2.24. The number of amides is 2. The third-order valence-corrected chi connectivity index (χ3v) is 6.05. The molecule has 0 unspecified atom stereocenters. The minimum absolute atomic E-state index is 0.216. The highest BCUT2D eigenvalue weighted by molar-refractivity contribution is 9.10. The summed E-state index contributed by atoms with van der Waals surface area (Å²) in [7, 11) is 0. The van der Waals surface area contributed by atoms with Gasteiger partial charge in [-0.25, -0.2) is 0 Å². The highest BCUT2D eigenvalue weighted by atomic mass is 79.9. The number of nitrogens with zero attached hydrogens (tertiary/aromatic N) is 3. The summed E-state index contributed by atoms with van der Waals surface area (Å²) in [6.07, 6.45) is 6.06. The van der Waals surface area contributed by atoms with Gasteiger partial charge in [0, 0.05) is 50.2 Å². The molecule has 0 spiro atoms. The summed E-state index contributed by atoms with van der Waals surface area (Å²) in [6, 6.07) is 8.13. The lowest BCUT2D eigenvalue weighted by molar-refractivity contribution is -0.135. The van der Waals surface area contributed by atoms with Gasteiger partial charge in [0.1, 0.15) is 0 Å². The molecule has 2 fully saturated rings. The van der Waals surface area contributed by atoms with Crippen LogP contribution in [-0.4, -0.2) is 72.3 Å². The van der Waals surface area contributed by atoms with Gasteiger partial charge >= 0.3 is 0 Å². The van der Waals surface area contributed by atoms with Crippen LogP contribution >= 0.6 is 15.9 Å². The fourth-order valence-electron chi connectivity index (χ4n) is 3.87. The van der Waals surface area contributed by atoms with Crippen molar-refractivity contribution in [3.05, 3.63) is 34.3 Å². The van der Waals surface area contributed by atoms with Crippen LogP contribution in [0.25, 0.3) is 0 Å². The zero-order chi connectivity index (χ0) is 19.1. The van der Waals surface area contributed by atoms with Gasteiger partial charge in [0.25, 0.3) is 0 Å². The van der Waals surface area contributed by atoms with Gasteiger partial charge in [-0.2, -0.15) is 0 Å². The van der Waals surface area contributed by atoms with E-state index < -0.39 is 0 Å². The van der Waals surface area contributed by atoms with Gasteiger partial charge in [0.2, 0.25) is 11.8 Å². The Labute approximate surface area is 170 Å². The molecule has 1 aromatic carbocycles. The van der Waals surface area contributed by atoms with Gasteiger partial charge in [-0.15, -0.1) is 0 Å². The fraction of sp³-hybridized carbons (Fsp3) is 0.619. The monoisotopic (exact) mass is 435 g/mol. The van der Waals surface area contributed by atoms with Crippen molar-refractivity contribution in [1.82, 2.24) is 14.7 Å². The quantitative estimate of drug-likeness (QED) is 0.713. The summed E-state index contributed by atoms with van der Waals surface area (Å²) < 4.78 is 1.05. The van der Waals surface area contributed by atoms with E-state index in [2.05, 4.69) is 33.0 Å². The normalized spacial score (nSPS) is 19.0. The van der Waals surface area contributed by atoms with Crippen molar-refractivity contribution in [2.24, 2.45) is 0 Å². The van der Waals surface area contributed by atoms with Crippen molar-refractivity contribution in [1.29, 1.82) is 0 Å². The molecule has 1 aromatic rings. The number of benzene rings is 1. The van der Waals surface area contributed by atoms with Crippen LogP contribution in [0.5, 0.6) is 0 Å². The molecule has 6 heteroatoms. The summed E-state index contributed by atoms with van der Waals surface area (Å²) in [6.45, 7) is 5.36. The van der Waals surface area contributed by atoms with E-state index in [0.717, 1.165) is 63.0 Å². The summed E-state index contributed by atoms with van der Waals surface area (Å²) >= 11 is 3.47. The Kier molecular flexibility index (Phi) is 7.70. The Balaban J connectivity index is 1.39. The van der Waals surface area contributed by atoms with E-state index in [4.69, 9.17) is 0 Å². The standard InChI is InChI=1S/C21H30BrN3O2/c22-19-7-5-6-18(16-19)8-9-20(26)25-14-12-23(13-15-25)17-21(27)24-10-3-1-2-4-11-24/h5-7,16H,1-4,8-15,17H2. The van der Waals surface area contributed by atoms with Crippen LogP contribution in [-0.2, 0) is 16.0 Å². The van der Waals surface area contributed by atoms with Crippen molar-refractivity contribution < 1.29 is 9.59 Å². The molecule has 148 valence electrons. The lowest BCUT2D eigenvalue weighted by Gasteiger charge is -2.35. The predicted molar refractivity (Wildman–Crippen MR) is 111 cm³/mol. The average Bonchev–Trinajstić information content (AvgIpc) is 2.96. The van der Waals surface area contributed by atoms with Crippen LogP contribution in [0.1, 0.15) is 37.7 Å². The number of likely N-dealkylation sites (tertiary alicyclic amines) is 1.